The normalized spacial score (nSPS) is 6.76. The van der Waals surface area contributed by atoms with Crippen LogP contribution in [0.15, 0.2) is 0 Å². The van der Waals surface area contributed by atoms with Gasteiger partial charge in [-0.15, -0.1) is 0 Å². The lowest BCUT2D eigenvalue weighted by molar-refractivity contribution is -0.120. The minimum absolute atomic E-state index is 0. The first-order chi connectivity index (χ1) is 16.5. The first-order valence-electron chi connectivity index (χ1n) is 16.0. The fourth-order valence-corrected chi connectivity index (χ4v) is 0.717. The van der Waals surface area contributed by atoms with Crippen LogP contribution in [0.25, 0.3) is 0 Å². The summed E-state index contributed by atoms with van der Waals surface area (Å²) in [5.74, 6) is 2.91. The van der Waals surface area contributed by atoms with Gasteiger partial charge < -0.3 is 0 Å². The predicted molar refractivity (Wildman–Crippen MR) is 223 cm³/mol. The van der Waals surface area contributed by atoms with Crippen LogP contribution in [0.4, 0.5) is 0 Å². The summed E-state index contributed by atoms with van der Waals surface area (Å²) in [5, 5.41) is 0. The molecule has 0 fully saturated rings. The Balaban J connectivity index is -0.0000000132. The van der Waals surface area contributed by atoms with Crippen molar-refractivity contribution in [3.05, 3.63) is 0 Å². The molecule has 282 valence electrons. The van der Waals surface area contributed by atoms with Crippen LogP contribution in [0.1, 0.15) is 250 Å². The van der Waals surface area contributed by atoms with E-state index >= 15 is 0 Å². The van der Waals surface area contributed by atoms with E-state index in [2.05, 4.69) is 111 Å². The molecule has 0 aromatic carbocycles. The van der Waals surface area contributed by atoms with Crippen LogP contribution in [0.5, 0.6) is 0 Å². The van der Waals surface area contributed by atoms with Gasteiger partial charge in [0.25, 0.3) is 0 Å². The first-order valence-corrected chi connectivity index (χ1v) is 16.0. The van der Waals surface area contributed by atoms with Crippen LogP contribution in [-0.4, -0.2) is 5.78 Å². The van der Waals surface area contributed by atoms with Crippen molar-refractivity contribution in [2.24, 2.45) is 23.2 Å². The smallest absolute Gasteiger partial charge is 0.133 e. The van der Waals surface area contributed by atoms with E-state index in [4.69, 9.17) is 0 Å². The highest BCUT2D eigenvalue weighted by molar-refractivity contribution is 5.78. The van der Waals surface area contributed by atoms with Crippen molar-refractivity contribution in [2.75, 3.05) is 0 Å². The third kappa shape index (κ3) is 789. The molecular weight excluding hydrogens is 508 g/mol. The van der Waals surface area contributed by atoms with Gasteiger partial charge in [-0.25, -0.2) is 0 Å². The van der Waals surface area contributed by atoms with Crippen LogP contribution in [0, 0.1) is 23.2 Å². The quantitative estimate of drug-likeness (QED) is 0.307. The number of carbonyl (C=O) groups is 1. The molecule has 1 nitrogen and oxygen atoms in total. The number of hydrogen-bond donors (Lipinski definition) is 0. The molecular formula is C41H112O. The summed E-state index contributed by atoms with van der Waals surface area (Å²) >= 11 is 0. The van der Waals surface area contributed by atoms with E-state index in [9.17, 15) is 4.79 Å². The maximum absolute atomic E-state index is 10.8. The summed E-state index contributed by atoms with van der Waals surface area (Å²) < 4.78 is 0. The van der Waals surface area contributed by atoms with Crippen LogP contribution in [0.2, 0.25) is 0 Å². The fraction of sp³-hybridized carbons (Fsp3) is 0.976. The highest BCUT2D eigenvalue weighted by atomic mass is 16.1. The van der Waals surface area contributed by atoms with Gasteiger partial charge in [-0.2, -0.15) is 0 Å². The molecule has 0 saturated heterocycles. The van der Waals surface area contributed by atoms with E-state index in [-0.39, 0.29) is 50.0 Å². The lowest BCUT2D eigenvalue weighted by Crippen LogP contribution is -2.11. The van der Waals surface area contributed by atoms with Crippen LogP contribution >= 0.6 is 0 Å². The molecule has 0 heterocycles. The summed E-state index contributed by atoms with van der Waals surface area (Å²) in [6, 6.07) is 0. The molecule has 0 aliphatic heterocycles. The Morgan fingerprint density at radius 1 is 0.476 bits per heavy atom. The van der Waals surface area contributed by atoms with Crippen LogP contribution < -0.4 is 0 Å². The number of hydrogen-bond acceptors (Lipinski definition) is 1. The maximum Gasteiger partial charge on any atom is 0.133 e. The molecule has 0 aliphatic rings. The third-order valence-electron chi connectivity index (χ3n) is 1.94. The third-order valence-corrected chi connectivity index (χ3v) is 1.94. The molecule has 0 bridgehead atoms. The summed E-state index contributed by atoms with van der Waals surface area (Å²) in [4.78, 5) is 10.8. The zero-order valence-electron chi connectivity index (χ0n) is 31.7. The first kappa shape index (κ1) is 105. The Hall–Kier alpha value is -0.330. The average Bonchev–Trinajstić information content (AvgIpc) is 2.79. The Morgan fingerprint density at radius 2 is 0.595 bits per heavy atom. The lowest BCUT2D eigenvalue weighted by atomic mass is 9.89. The molecule has 0 aromatic heterocycles. The Bertz CT molecular complexity index is 218. The van der Waals surface area contributed by atoms with Gasteiger partial charge in [0, 0.05) is 12.8 Å². The van der Waals surface area contributed by atoms with E-state index in [1.165, 1.54) is 19.3 Å². The molecule has 0 unspecified atom stereocenters. The fourth-order valence-electron chi connectivity index (χ4n) is 0.717. The van der Waals surface area contributed by atoms with E-state index < -0.39 is 0 Å². The molecule has 0 amide bonds. The number of carbonyl (C=O) groups excluding carboxylic acids is 1. The zero-order valence-corrected chi connectivity index (χ0v) is 31.7. The van der Waals surface area contributed by atoms with E-state index in [1.807, 2.05) is 62.3 Å². The number of ketones is 1. The predicted octanol–water partition coefficient (Wildman–Crippen LogP) is 18.5. The van der Waals surface area contributed by atoms with Crippen molar-refractivity contribution in [3.63, 3.8) is 0 Å². The summed E-state index contributed by atoms with van der Waals surface area (Å²) in [5.41, 5.74) is 0.174. The molecule has 0 saturated carbocycles. The Kier molecular flexibility index (Phi) is 310. The van der Waals surface area contributed by atoms with Crippen molar-refractivity contribution in [2.45, 2.75) is 250 Å². The summed E-state index contributed by atoms with van der Waals surface area (Å²) in [7, 11) is 0. The van der Waals surface area contributed by atoms with Gasteiger partial charge in [0.1, 0.15) is 5.78 Å². The molecule has 0 N–H and O–H groups in total. The second-order valence-electron chi connectivity index (χ2n) is 10.3. The minimum atomic E-state index is 0. The lowest BCUT2D eigenvalue weighted by Gasteiger charge is -2.15. The Morgan fingerprint density at radius 3 is 0.619 bits per heavy atom. The SMILES string of the molecule is C.C.C.C.C.C.CC.CC.CC.CC.CC(C)C.CC(C)C.CCC.CCC.CCC(=O)CC(C)(C)C.CCC(C)C. The monoisotopic (exact) mass is 621 g/mol. The van der Waals surface area contributed by atoms with Gasteiger partial charge in [-0.3, -0.25) is 4.79 Å². The average molecular weight is 621 g/mol. The molecule has 0 radical (unpaired) electrons. The van der Waals surface area contributed by atoms with Crippen molar-refractivity contribution in [1.29, 1.82) is 0 Å². The largest absolute Gasteiger partial charge is 0.300 e. The van der Waals surface area contributed by atoms with Gasteiger partial charge in [-0.1, -0.05) is 237 Å². The summed E-state index contributed by atoms with van der Waals surface area (Å²) in [6.07, 6.45) is 5.20. The van der Waals surface area contributed by atoms with Gasteiger partial charge >= 0.3 is 0 Å². The maximum atomic E-state index is 10.8. The van der Waals surface area contributed by atoms with Crippen molar-refractivity contribution >= 4 is 5.78 Å². The van der Waals surface area contributed by atoms with Crippen LogP contribution in [-0.2, 0) is 4.79 Å². The number of Topliss-reactive ketones (excluding diaryl/α,β-unsaturated/α-hetero) is 1. The van der Waals surface area contributed by atoms with Gasteiger partial charge in [0.15, 0.2) is 0 Å². The Labute approximate surface area is 283 Å². The zero-order chi connectivity index (χ0) is 32.3. The number of rotatable bonds is 3. The second kappa shape index (κ2) is 125. The van der Waals surface area contributed by atoms with Crippen molar-refractivity contribution in [3.8, 4) is 0 Å². The van der Waals surface area contributed by atoms with Gasteiger partial charge in [-0.05, 0) is 23.2 Å². The van der Waals surface area contributed by atoms with Gasteiger partial charge in [0.05, 0.1) is 0 Å². The van der Waals surface area contributed by atoms with Crippen LogP contribution in [0.3, 0.4) is 0 Å². The molecule has 0 spiro atoms. The molecule has 0 aromatic rings. The molecule has 0 aliphatic carbocycles. The standard InChI is InChI=1S/C8H16O.C5H12.2C4H10.2C3H8.4C2H6.6CH4/c1-5-7(9)6-8(2,3)4;1-4-5(2)3;2*1-4(2)3;2*1-3-2;4*1-2;;;;;;/h5-6H2,1-4H3;5H,4H2,1-3H3;2*4H,1-3H3;2*3H2,1-2H3;4*1-2H3;6*1H4. The van der Waals surface area contributed by atoms with E-state index in [0.29, 0.717) is 18.6 Å². The molecule has 1 heteroatoms. The highest BCUT2D eigenvalue weighted by Crippen LogP contribution is 2.19. The van der Waals surface area contributed by atoms with Crippen molar-refractivity contribution in [1.82, 2.24) is 0 Å². The van der Waals surface area contributed by atoms with E-state index in [0.717, 1.165) is 17.8 Å². The van der Waals surface area contributed by atoms with Gasteiger partial charge in [0.2, 0.25) is 0 Å². The molecule has 42 heavy (non-hydrogen) atoms. The van der Waals surface area contributed by atoms with Crippen molar-refractivity contribution < 1.29 is 4.79 Å². The highest BCUT2D eigenvalue weighted by Gasteiger charge is 2.13. The topological polar surface area (TPSA) is 17.1 Å². The summed E-state index contributed by atoms with van der Waals surface area (Å²) in [6.45, 7) is 52.3. The van der Waals surface area contributed by atoms with E-state index in [1.54, 1.807) is 0 Å². The second-order valence-corrected chi connectivity index (χ2v) is 10.3. The molecule has 0 atom stereocenters. The minimum Gasteiger partial charge on any atom is -0.300 e. The molecule has 0 rings (SSSR count).